The number of hydrogen-bond donors (Lipinski definition) is 0. The quantitative estimate of drug-likeness (QED) is 0.654. The Kier molecular flexibility index (Phi) is 3.60. The molecule has 0 N–H and O–H groups in total. The second-order valence-corrected chi connectivity index (χ2v) is 5.27. The van der Waals surface area contributed by atoms with E-state index < -0.39 is 11.7 Å². The standard InChI is InChI=1S/C15H9ClF3N3O/c1-8(23)13-10-4-2-3-5-12(10)22(21-13)14-11(16)6-9(7-20-14)15(17,18)19/h2-7H,1H3. The van der Waals surface area contributed by atoms with Crippen LogP contribution in [-0.2, 0) is 6.18 Å². The molecule has 4 nitrogen and oxygen atoms in total. The average Bonchev–Trinajstić information content (AvgIpc) is 2.86. The highest BCUT2D eigenvalue weighted by molar-refractivity contribution is 6.32. The molecule has 0 aliphatic carbocycles. The number of ketones is 1. The zero-order valence-electron chi connectivity index (χ0n) is 11.7. The maximum atomic E-state index is 12.7. The molecule has 0 unspecified atom stereocenters. The van der Waals surface area contributed by atoms with Crippen LogP contribution in [0.2, 0.25) is 5.02 Å². The van der Waals surface area contributed by atoms with E-state index in [-0.39, 0.29) is 22.3 Å². The number of aromatic nitrogens is 3. The summed E-state index contributed by atoms with van der Waals surface area (Å²) in [5.74, 6) is -0.230. The van der Waals surface area contributed by atoms with E-state index in [4.69, 9.17) is 11.6 Å². The van der Waals surface area contributed by atoms with Crippen LogP contribution in [0.25, 0.3) is 16.7 Å². The molecule has 0 bridgehead atoms. The molecule has 0 aliphatic heterocycles. The third kappa shape index (κ3) is 2.68. The average molecular weight is 340 g/mol. The van der Waals surface area contributed by atoms with Crippen molar-refractivity contribution in [2.24, 2.45) is 0 Å². The monoisotopic (exact) mass is 339 g/mol. The largest absolute Gasteiger partial charge is 0.417 e. The smallest absolute Gasteiger partial charge is 0.293 e. The molecule has 8 heteroatoms. The van der Waals surface area contributed by atoms with Crippen LogP contribution in [0.3, 0.4) is 0 Å². The van der Waals surface area contributed by atoms with Crippen LogP contribution in [-0.4, -0.2) is 20.5 Å². The van der Waals surface area contributed by atoms with E-state index in [0.717, 1.165) is 6.07 Å². The molecule has 3 rings (SSSR count). The number of carbonyl (C=O) groups excluding carboxylic acids is 1. The first kappa shape index (κ1) is 15.5. The van der Waals surface area contributed by atoms with Gasteiger partial charge in [-0.2, -0.15) is 18.3 Å². The van der Waals surface area contributed by atoms with Crippen molar-refractivity contribution in [3.8, 4) is 5.82 Å². The fraction of sp³-hybridized carbons (Fsp3) is 0.133. The third-order valence-corrected chi connectivity index (χ3v) is 3.55. The number of nitrogens with zero attached hydrogens (tertiary/aromatic N) is 3. The number of fused-ring (bicyclic) bond motifs is 1. The normalized spacial score (nSPS) is 11.9. The lowest BCUT2D eigenvalue weighted by Gasteiger charge is -2.09. The Labute approximate surface area is 133 Å². The van der Waals surface area contributed by atoms with E-state index in [9.17, 15) is 18.0 Å². The number of halogens is 4. The molecule has 0 spiro atoms. The molecule has 118 valence electrons. The molecule has 0 saturated carbocycles. The highest BCUT2D eigenvalue weighted by Gasteiger charge is 2.32. The van der Waals surface area contributed by atoms with Crippen molar-refractivity contribution < 1.29 is 18.0 Å². The molecule has 0 aliphatic rings. The topological polar surface area (TPSA) is 47.8 Å². The van der Waals surface area contributed by atoms with Crippen molar-refractivity contribution >= 4 is 28.3 Å². The Morgan fingerprint density at radius 3 is 2.57 bits per heavy atom. The van der Waals surface area contributed by atoms with Crippen LogP contribution < -0.4 is 0 Å². The van der Waals surface area contributed by atoms with Gasteiger partial charge in [-0.25, -0.2) is 9.67 Å². The maximum absolute atomic E-state index is 12.7. The Hall–Kier alpha value is -2.41. The molecule has 0 atom stereocenters. The number of para-hydroxylation sites is 1. The predicted octanol–water partition coefficient (Wildman–Crippen LogP) is 4.30. The van der Waals surface area contributed by atoms with Gasteiger partial charge < -0.3 is 0 Å². The van der Waals surface area contributed by atoms with Crippen LogP contribution in [0.4, 0.5) is 13.2 Å². The Bertz CT molecular complexity index is 918. The number of carbonyl (C=O) groups is 1. The van der Waals surface area contributed by atoms with Crippen LogP contribution in [0.1, 0.15) is 23.0 Å². The Balaban J connectivity index is 2.24. The van der Waals surface area contributed by atoms with Gasteiger partial charge in [0, 0.05) is 18.5 Å². The van der Waals surface area contributed by atoms with E-state index in [2.05, 4.69) is 10.1 Å². The molecule has 0 fully saturated rings. The summed E-state index contributed by atoms with van der Waals surface area (Å²) in [6.45, 7) is 1.36. The summed E-state index contributed by atoms with van der Waals surface area (Å²) in [5.41, 5.74) is -0.209. The van der Waals surface area contributed by atoms with Gasteiger partial charge in [-0.1, -0.05) is 29.8 Å². The molecular weight excluding hydrogens is 331 g/mol. The highest BCUT2D eigenvalue weighted by atomic mass is 35.5. The van der Waals surface area contributed by atoms with Gasteiger partial charge in [0.2, 0.25) is 0 Å². The van der Waals surface area contributed by atoms with Crippen LogP contribution in [0.15, 0.2) is 36.5 Å². The molecule has 3 aromatic rings. The minimum absolute atomic E-state index is 0.0309. The zero-order chi connectivity index (χ0) is 16.8. The number of pyridine rings is 1. The van der Waals surface area contributed by atoms with Gasteiger partial charge >= 0.3 is 6.18 Å². The molecule has 1 aromatic carbocycles. The minimum Gasteiger partial charge on any atom is -0.293 e. The van der Waals surface area contributed by atoms with Crippen molar-refractivity contribution in [3.63, 3.8) is 0 Å². The Morgan fingerprint density at radius 1 is 1.26 bits per heavy atom. The summed E-state index contributed by atoms with van der Waals surface area (Å²) in [6, 6.07) is 7.64. The minimum atomic E-state index is -4.54. The van der Waals surface area contributed by atoms with Gasteiger partial charge in [0.05, 0.1) is 16.1 Å². The van der Waals surface area contributed by atoms with Gasteiger partial charge in [0.15, 0.2) is 11.6 Å². The van der Waals surface area contributed by atoms with Crippen molar-refractivity contribution in [2.45, 2.75) is 13.1 Å². The lowest BCUT2D eigenvalue weighted by atomic mass is 10.2. The number of Topliss-reactive ketones (excluding diaryl/α,β-unsaturated/α-hetero) is 1. The molecule has 0 saturated heterocycles. The van der Waals surface area contributed by atoms with E-state index in [0.29, 0.717) is 17.1 Å². The molecule has 0 radical (unpaired) electrons. The maximum Gasteiger partial charge on any atom is 0.417 e. The van der Waals surface area contributed by atoms with E-state index in [1.165, 1.54) is 11.6 Å². The first-order chi connectivity index (χ1) is 10.8. The fourth-order valence-electron chi connectivity index (χ4n) is 2.23. The molecule has 23 heavy (non-hydrogen) atoms. The summed E-state index contributed by atoms with van der Waals surface area (Å²) in [4.78, 5) is 15.5. The van der Waals surface area contributed by atoms with Crippen molar-refractivity contribution in [1.29, 1.82) is 0 Å². The molecule has 0 amide bonds. The molecule has 2 heterocycles. The second-order valence-electron chi connectivity index (χ2n) is 4.86. The predicted molar refractivity (Wildman–Crippen MR) is 78.9 cm³/mol. The van der Waals surface area contributed by atoms with Gasteiger partial charge in [0.25, 0.3) is 0 Å². The van der Waals surface area contributed by atoms with Gasteiger partial charge in [-0.05, 0) is 12.1 Å². The van der Waals surface area contributed by atoms with E-state index in [1.807, 2.05) is 0 Å². The van der Waals surface area contributed by atoms with Crippen molar-refractivity contribution in [1.82, 2.24) is 14.8 Å². The first-order valence-electron chi connectivity index (χ1n) is 6.51. The van der Waals surface area contributed by atoms with Crippen molar-refractivity contribution in [2.75, 3.05) is 0 Å². The van der Waals surface area contributed by atoms with Crippen LogP contribution in [0, 0.1) is 0 Å². The fourth-order valence-corrected chi connectivity index (χ4v) is 2.48. The lowest BCUT2D eigenvalue weighted by Crippen LogP contribution is -2.08. The SMILES string of the molecule is CC(=O)c1nn(-c2ncc(C(F)(F)F)cc2Cl)c2ccccc12. The number of rotatable bonds is 2. The number of hydrogen-bond acceptors (Lipinski definition) is 3. The molecule has 2 aromatic heterocycles. The number of benzene rings is 1. The first-order valence-corrected chi connectivity index (χ1v) is 6.88. The summed E-state index contributed by atoms with van der Waals surface area (Å²) in [5, 5.41) is 4.53. The third-order valence-electron chi connectivity index (χ3n) is 3.27. The lowest BCUT2D eigenvalue weighted by molar-refractivity contribution is -0.137. The Morgan fingerprint density at radius 2 is 1.96 bits per heavy atom. The van der Waals surface area contributed by atoms with Gasteiger partial charge in [-0.3, -0.25) is 4.79 Å². The zero-order valence-corrected chi connectivity index (χ0v) is 12.5. The summed E-state index contributed by atoms with van der Waals surface area (Å²) in [6.07, 6.45) is -3.85. The van der Waals surface area contributed by atoms with Gasteiger partial charge in [0.1, 0.15) is 5.69 Å². The summed E-state index contributed by atoms with van der Waals surface area (Å²) in [7, 11) is 0. The summed E-state index contributed by atoms with van der Waals surface area (Å²) >= 11 is 5.95. The van der Waals surface area contributed by atoms with Gasteiger partial charge in [-0.15, -0.1) is 0 Å². The van der Waals surface area contributed by atoms with E-state index >= 15 is 0 Å². The van der Waals surface area contributed by atoms with Crippen molar-refractivity contribution in [3.05, 3.63) is 52.8 Å². The van der Waals surface area contributed by atoms with E-state index in [1.54, 1.807) is 24.3 Å². The molecular formula is C15H9ClF3N3O. The number of alkyl halides is 3. The summed E-state index contributed by atoms with van der Waals surface area (Å²) < 4.78 is 39.4. The van der Waals surface area contributed by atoms with Crippen LogP contribution >= 0.6 is 11.6 Å². The second kappa shape index (κ2) is 5.34. The highest BCUT2D eigenvalue weighted by Crippen LogP contribution is 2.33. The van der Waals surface area contributed by atoms with Crippen LogP contribution in [0.5, 0.6) is 0 Å².